The van der Waals surface area contributed by atoms with Gasteiger partial charge in [-0.1, -0.05) is 5.16 Å². The number of oxime groups is 1. The quantitative estimate of drug-likeness (QED) is 0.521. The summed E-state index contributed by atoms with van der Waals surface area (Å²) in [5, 5.41) is 20.9. The van der Waals surface area contributed by atoms with E-state index in [-0.39, 0.29) is 6.61 Å². The second-order valence-electron chi connectivity index (χ2n) is 4.27. The van der Waals surface area contributed by atoms with Gasteiger partial charge in [-0.2, -0.15) is 0 Å². The number of nitrogens with zero attached hydrogens (tertiary/aromatic N) is 2. The highest BCUT2D eigenvalue weighted by atomic mass is 16.4. The molecule has 0 aromatic heterocycles. The van der Waals surface area contributed by atoms with E-state index < -0.39 is 0 Å². The summed E-state index contributed by atoms with van der Waals surface area (Å²) < 4.78 is 0. The van der Waals surface area contributed by atoms with Crippen LogP contribution in [0.5, 0.6) is 0 Å². The van der Waals surface area contributed by atoms with Gasteiger partial charge in [-0.05, 0) is 19.3 Å². The van der Waals surface area contributed by atoms with Crippen LogP contribution in [0, 0.1) is 0 Å². The first-order valence-corrected chi connectivity index (χ1v) is 5.41. The Kier molecular flexibility index (Phi) is 3.03. The van der Waals surface area contributed by atoms with Crippen molar-refractivity contribution < 1.29 is 10.3 Å². The topological polar surface area (TPSA) is 56.1 Å². The van der Waals surface area contributed by atoms with Crippen molar-refractivity contribution in [2.24, 2.45) is 5.16 Å². The summed E-state index contributed by atoms with van der Waals surface area (Å²) in [6, 6.07) is 1.12. The van der Waals surface area contributed by atoms with Crippen LogP contribution in [0.4, 0.5) is 0 Å². The second-order valence-corrected chi connectivity index (χ2v) is 4.27. The van der Waals surface area contributed by atoms with Gasteiger partial charge in [0.2, 0.25) is 0 Å². The highest BCUT2D eigenvalue weighted by Gasteiger charge is 2.38. The van der Waals surface area contributed by atoms with Gasteiger partial charge in [-0.15, -0.1) is 0 Å². The van der Waals surface area contributed by atoms with Gasteiger partial charge in [0.1, 0.15) is 0 Å². The molecular formula is C10H18N2O2. The highest BCUT2D eigenvalue weighted by molar-refractivity contribution is 5.86. The van der Waals surface area contributed by atoms with Crippen molar-refractivity contribution in [3.05, 3.63) is 0 Å². The Morgan fingerprint density at radius 1 is 1.29 bits per heavy atom. The Balaban J connectivity index is 1.96. The van der Waals surface area contributed by atoms with Crippen molar-refractivity contribution in [1.82, 2.24) is 4.90 Å². The zero-order valence-electron chi connectivity index (χ0n) is 8.39. The molecule has 2 fully saturated rings. The van der Waals surface area contributed by atoms with Gasteiger partial charge in [-0.25, -0.2) is 0 Å². The number of rotatable bonds is 3. The van der Waals surface area contributed by atoms with E-state index in [1.807, 2.05) is 0 Å². The monoisotopic (exact) mass is 198 g/mol. The zero-order valence-corrected chi connectivity index (χ0v) is 8.39. The summed E-state index contributed by atoms with van der Waals surface area (Å²) in [6.07, 6.45) is 5.12. The molecule has 2 bridgehead atoms. The molecule has 2 saturated heterocycles. The van der Waals surface area contributed by atoms with E-state index in [4.69, 9.17) is 10.3 Å². The summed E-state index contributed by atoms with van der Waals surface area (Å²) in [5.74, 6) is 0. The molecule has 2 heterocycles. The van der Waals surface area contributed by atoms with Crippen LogP contribution in [0.25, 0.3) is 0 Å². The molecule has 2 rings (SSSR count). The van der Waals surface area contributed by atoms with E-state index in [0.717, 1.165) is 31.5 Å². The van der Waals surface area contributed by atoms with Crippen molar-refractivity contribution in [2.45, 2.75) is 44.2 Å². The first-order valence-electron chi connectivity index (χ1n) is 5.41. The van der Waals surface area contributed by atoms with E-state index in [0.29, 0.717) is 12.1 Å². The fourth-order valence-electron chi connectivity index (χ4n) is 2.78. The first kappa shape index (κ1) is 9.93. The molecule has 80 valence electrons. The molecule has 0 unspecified atom stereocenters. The minimum atomic E-state index is 0.275. The number of hydrogen-bond donors (Lipinski definition) is 2. The molecule has 2 aliphatic rings. The SMILES string of the molecule is OCCCN1[C@@H]2CC[C@H]1CC(=NO)C2. The molecule has 2 atom stereocenters. The van der Waals surface area contributed by atoms with Crippen molar-refractivity contribution in [3.8, 4) is 0 Å². The summed E-state index contributed by atoms with van der Waals surface area (Å²) in [5.41, 5.74) is 0.956. The van der Waals surface area contributed by atoms with E-state index in [1.54, 1.807) is 0 Å². The number of aliphatic hydroxyl groups is 1. The van der Waals surface area contributed by atoms with E-state index >= 15 is 0 Å². The Labute approximate surface area is 84.2 Å². The lowest BCUT2D eigenvalue weighted by atomic mass is 10.0. The fraction of sp³-hybridized carbons (Fsp3) is 0.900. The highest BCUT2D eigenvalue weighted by Crippen LogP contribution is 2.34. The molecule has 0 aromatic rings. The summed E-state index contributed by atoms with van der Waals surface area (Å²) in [6.45, 7) is 1.27. The number of piperidine rings is 1. The lowest BCUT2D eigenvalue weighted by molar-refractivity contribution is 0.160. The molecular weight excluding hydrogens is 180 g/mol. The minimum Gasteiger partial charge on any atom is -0.411 e. The third-order valence-corrected chi connectivity index (χ3v) is 3.43. The molecule has 0 aromatic carbocycles. The van der Waals surface area contributed by atoms with Crippen LogP contribution >= 0.6 is 0 Å². The molecule has 0 amide bonds. The molecule has 0 spiro atoms. The average Bonchev–Trinajstić information content (AvgIpc) is 2.46. The Bertz CT molecular complexity index is 214. The van der Waals surface area contributed by atoms with Crippen LogP contribution in [0.15, 0.2) is 5.16 Å². The standard InChI is InChI=1S/C10H18N2O2/c13-5-1-4-12-9-2-3-10(12)7-8(6-9)11-14/h9-10,13-14H,1-7H2/t9-,10+. The minimum absolute atomic E-state index is 0.275. The summed E-state index contributed by atoms with van der Waals surface area (Å²) in [4.78, 5) is 2.48. The van der Waals surface area contributed by atoms with Gasteiger partial charge in [-0.3, -0.25) is 4.90 Å². The lowest BCUT2D eigenvalue weighted by Gasteiger charge is -2.34. The van der Waals surface area contributed by atoms with Gasteiger partial charge >= 0.3 is 0 Å². The summed E-state index contributed by atoms with van der Waals surface area (Å²) >= 11 is 0. The number of hydrogen-bond acceptors (Lipinski definition) is 4. The predicted molar refractivity (Wildman–Crippen MR) is 53.7 cm³/mol. The molecule has 4 heteroatoms. The normalized spacial score (nSPS) is 35.4. The van der Waals surface area contributed by atoms with Crippen molar-refractivity contribution in [1.29, 1.82) is 0 Å². The average molecular weight is 198 g/mol. The molecule has 2 aliphatic heterocycles. The van der Waals surface area contributed by atoms with Crippen LogP contribution in [0.1, 0.15) is 32.1 Å². The van der Waals surface area contributed by atoms with Gasteiger partial charge < -0.3 is 10.3 Å². The third kappa shape index (κ3) is 1.77. The Morgan fingerprint density at radius 3 is 2.43 bits per heavy atom. The first-order chi connectivity index (χ1) is 6.85. The van der Waals surface area contributed by atoms with Crippen LogP contribution in [0.2, 0.25) is 0 Å². The molecule has 0 saturated carbocycles. The second kappa shape index (κ2) is 4.28. The molecule has 14 heavy (non-hydrogen) atoms. The van der Waals surface area contributed by atoms with Gasteiger partial charge in [0.05, 0.1) is 5.71 Å². The molecule has 0 radical (unpaired) electrons. The lowest BCUT2D eigenvalue weighted by Crippen LogP contribution is -2.43. The van der Waals surface area contributed by atoms with Crippen molar-refractivity contribution >= 4 is 5.71 Å². The smallest absolute Gasteiger partial charge is 0.0601 e. The van der Waals surface area contributed by atoms with Crippen LogP contribution < -0.4 is 0 Å². The predicted octanol–water partition coefficient (Wildman–Crippen LogP) is 0.826. The van der Waals surface area contributed by atoms with Gasteiger partial charge in [0.15, 0.2) is 0 Å². The number of fused-ring (bicyclic) bond motifs is 2. The maximum absolute atomic E-state index is 8.80. The van der Waals surface area contributed by atoms with Crippen LogP contribution in [-0.2, 0) is 0 Å². The molecule has 2 N–H and O–H groups in total. The molecule has 4 nitrogen and oxygen atoms in total. The third-order valence-electron chi connectivity index (χ3n) is 3.43. The van der Waals surface area contributed by atoms with Crippen LogP contribution in [0.3, 0.4) is 0 Å². The Morgan fingerprint density at radius 2 is 1.93 bits per heavy atom. The molecule has 0 aliphatic carbocycles. The van der Waals surface area contributed by atoms with Crippen molar-refractivity contribution in [3.63, 3.8) is 0 Å². The van der Waals surface area contributed by atoms with Gasteiger partial charge in [0, 0.05) is 38.1 Å². The summed E-state index contributed by atoms with van der Waals surface area (Å²) in [7, 11) is 0. The number of aliphatic hydroxyl groups excluding tert-OH is 1. The largest absolute Gasteiger partial charge is 0.411 e. The van der Waals surface area contributed by atoms with E-state index in [9.17, 15) is 0 Å². The van der Waals surface area contributed by atoms with E-state index in [2.05, 4.69) is 10.1 Å². The Hall–Kier alpha value is -0.610. The van der Waals surface area contributed by atoms with E-state index in [1.165, 1.54) is 12.8 Å². The fourth-order valence-corrected chi connectivity index (χ4v) is 2.78. The zero-order chi connectivity index (χ0) is 9.97. The van der Waals surface area contributed by atoms with Crippen LogP contribution in [-0.4, -0.2) is 46.2 Å². The van der Waals surface area contributed by atoms with Crippen molar-refractivity contribution in [2.75, 3.05) is 13.2 Å². The maximum atomic E-state index is 8.80. The maximum Gasteiger partial charge on any atom is 0.0601 e. The van der Waals surface area contributed by atoms with Gasteiger partial charge in [0.25, 0.3) is 0 Å².